The summed E-state index contributed by atoms with van der Waals surface area (Å²) in [6.07, 6.45) is 0.969. The summed E-state index contributed by atoms with van der Waals surface area (Å²) in [6, 6.07) is 15.0. The van der Waals surface area contributed by atoms with Crippen molar-refractivity contribution < 1.29 is 14.3 Å². The summed E-state index contributed by atoms with van der Waals surface area (Å²) in [6.45, 7) is 7.61. The van der Waals surface area contributed by atoms with Crippen molar-refractivity contribution in [3.8, 4) is 22.9 Å². The van der Waals surface area contributed by atoms with Gasteiger partial charge < -0.3 is 9.47 Å². The molecule has 0 bridgehead atoms. The molecule has 0 saturated carbocycles. The van der Waals surface area contributed by atoms with Crippen LogP contribution in [0.25, 0.3) is 11.3 Å². The van der Waals surface area contributed by atoms with Crippen molar-refractivity contribution >= 4 is 23.4 Å². The fourth-order valence-corrected chi connectivity index (χ4v) is 3.85. The Morgan fingerprint density at radius 1 is 1.23 bits per heavy atom. The predicted molar refractivity (Wildman–Crippen MR) is 120 cm³/mol. The quantitative estimate of drug-likeness (QED) is 0.412. The number of rotatable bonds is 6. The number of anilines is 1. The number of hydrogen-bond donors (Lipinski definition) is 0. The summed E-state index contributed by atoms with van der Waals surface area (Å²) in [5.74, 6) is 1.71. The molecule has 0 spiro atoms. The minimum absolute atomic E-state index is 0.159. The van der Waals surface area contributed by atoms with Crippen LogP contribution in [0.1, 0.15) is 25.6 Å². The Balaban J connectivity index is 1.83. The topological polar surface area (TPSA) is 77.4 Å². The number of para-hydroxylation sites is 1. The molecule has 0 unspecified atom stereocenters. The SMILES string of the molecule is C=CCOc1ccc([C@H]2Oc3nc(SCC)nnc3-c3ccccc3N2C(C)=O)cc1. The van der Waals surface area contributed by atoms with Gasteiger partial charge in [0.15, 0.2) is 5.69 Å². The molecule has 1 aliphatic heterocycles. The van der Waals surface area contributed by atoms with Crippen LogP contribution in [0.5, 0.6) is 11.6 Å². The summed E-state index contributed by atoms with van der Waals surface area (Å²) in [5.41, 5.74) is 2.73. The van der Waals surface area contributed by atoms with Crippen LogP contribution in [0.2, 0.25) is 0 Å². The third kappa shape index (κ3) is 4.25. The van der Waals surface area contributed by atoms with Gasteiger partial charge in [-0.3, -0.25) is 9.69 Å². The molecule has 0 fully saturated rings. The fraction of sp³-hybridized carbons (Fsp3) is 0.217. The monoisotopic (exact) mass is 434 g/mol. The number of aromatic nitrogens is 3. The summed E-state index contributed by atoms with van der Waals surface area (Å²) >= 11 is 1.48. The molecule has 1 atom stereocenters. The van der Waals surface area contributed by atoms with E-state index in [4.69, 9.17) is 9.47 Å². The Hall–Kier alpha value is -3.39. The summed E-state index contributed by atoms with van der Waals surface area (Å²) in [4.78, 5) is 19.0. The Kier molecular flexibility index (Phi) is 6.18. The third-order valence-corrected chi connectivity index (χ3v) is 5.38. The van der Waals surface area contributed by atoms with E-state index in [9.17, 15) is 4.79 Å². The number of hydrogen-bond acceptors (Lipinski definition) is 7. The van der Waals surface area contributed by atoms with Gasteiger partial charge in [-0.25, -0.2) is 0 Å². The lowest BCUT2D eigenvalue weighted by molar-refractivity contribution is -0.118. The Morgan fingerprint density at radius 3 is 2.71 bits per heavy atom. The molecule has 0 aliphatic carbocycles. The van der Waals surface area contributed by atoms with E-state index in [1.807, 2.05) is 55.5 Å². The number of thioether (sulfide) groups is 1. The highest BCUT2D eigenvalue weighted by Gasteiger charge is 2.34. The smallest absolute Gasteiger partial charge is 0.247 e. The number of fused-ring (bicyclic) bond motifs is 3. The molecule has 1 aromatic heterocycles. The van der Waals surface area contributed by atoms with Gasteiger partial charge in [-0.1, -0.05) is 49.5 Å². The zero-order chi connectivity index (χ0) is 21.8. The van der Waals surface area contributed by atoms with Gasteiger partial charge in [-0.05, 0) is 36.1 Å². The summed E-state index contributed by atoms with van der Waals surface area (Å²) in [7, 11) is 0. The van der Waals surface area contributed by atoms with Crippen molar-refractivity contribution in [3.05, 3.63) is 66.7 Å². The first-order valence-electron chi connectivity index (χ1n) is 9.89. The third-order valence-electron chi connectivity index (χ3n) is 4.66. The van der Waals surface area contributed by atoms with Gasteiger partial charge in [0.05, 0.1) is 5.69 Å². The number of benzene rings is 2. The molecule has 2 aromatic carbocycles. The maximum absolute atomic E-state index is 12.8. The number of carbonyl (C=O) groups is 1. The lowest BCUT2D eigenvalue weighted by Crippen LogP contribution is -2.36. The number of amides is 1. The van der Waals surface area contributed by atoms with Gasteiger partial charge >= 0.3 is 0 Å². The maximum Gasteiger partial charge on any atom is 0.247 e. The molecular weight excluding hydrogens is 412 g/mol. The second-order valence-corrected chi connectivity index (χ2v) is 7.96. The van der Waals surface area contributed by atoms with Gasteiger partial charge in [0.1, 0.15) is 12.4 Å². The molecule has 4 rings (SSSR count). The predicted octanol–water partition coefficient (Wildman–Crippen LogP) is 4.66. The molecule has 1 amide bonds. The molecule has 0 saturated heterocycles. The van der Waals surface area contributed by atoms with Crippen LogP contribution in [0, 0.1) is 0 Å². The van der Waals surface area contributed by atoms with Crippen LogP contribution in [0.15, 0.2) is 66.3 Å². The van der Waals surface area contributed by atoms with E-state index >= 15 is 0 Å². The summed E-state index contributed by atoms with van der Waals surface area (Å²) < 4.78 is 11.9. The van der Waals surface area contributed by atoms with Crippen molar-refractivity contribution in [1.29, 1.82) is 0 Å². The van der Waals surface area contributed by atoms with Gasteiger partial charge in [0, 0.05) is 18.1 Å². The van der Waals surface area contributed by atoms with E-state index in [-0.39, 0.29) is 5.91 Å². The molecule has 8 heteroatoms. The van der Waals surface area contributed by atoms with E-state index in [1.165, 1.54) is 18.7 Å². The van der Waals surface area contributed by atoms with Gasteiger partial charge in [-0.2, -0.15) is 4.98 Å². The van der Waals surface area contributed by atoms with Crippen molar-refractivity contribution in [2.24, 2.45) is 0 Å². The molecule has 1 aliphatic rings. The van der Waals surface area contributed by atoms with E-state index in [0.717, 1.165) is 16.9 Å². The Bertz CT molecular complexity index is 1100. The first kappa shape index (κ1) is 20.9. The van der Waals surface area contributed by atoms with Crippen molar-refractivity contribution in [2.45, 2.75) is 25.2 Å². The average Bonchev–Trinajstić information content (AvgIpc) is 2.92. The largest absolute Gasteiger partial charge is 0.490 e. The standard InChI is InChI=1S/C23H22N4O3S/c1-4-14-29-17-12-10-16(11-13-17)22-27(15(3)28)19-9-7-6-8-18(19)20-21(30-22)24-23(26-25-20)31-5-2/h4,6-13,22H,1,5,14H2,2-3H3/t22-/m1/s1. The van der Waals surface area contributed by atoms with Crippen LogP contribution in [0.3, 0.4) is 0 Å². The molecule has 7 nitrogen and oxygen atoms in total. The first-order chi connectivity index (χ1) is 15.1. The average molecular weight is 435 g/mol. The van der Waals surface area contributed by atoms with E-state index in [1.54, 1.807) is 11.0 Å². The van der Waals surface area contributed by atoms with Crippen molar-refractivity contribution in [1.82, 2.24) is 15.2 Å². The molecule has 31 heavy (non-hydrogen) atoms. The van der Waals surface area contributed by atoms with Gasteiger partial charge in [-0.15, -0.1) is 10.2 Å². The van der Waals surface area contributed by atoms with Crippen molar-refractivity contribution in [2.75, 3.05) is 17.3 Å². The Morgan fingerprint density at radius 2 is 2.00 bits per heavy atom. The highest BCUT2D eigenvalue weighted by molar-refractivity contribution is 7.99. The van der Waals surface area contributed by atoms with Crippen LogP contribution in [-0.4, -0.2) is 33.4 Å². The normalized spacial score (nSPS) is 14.6. The lowest BCUT2D eigenvalue weighted by atomic mass is 10.1. The fourth-order valence-electron chi connectivity index (χ4n) is 3.34. The highest BCUT2D eigenvalue weighted by Crippen LogP contribution is 2.43. The molecule has 3 aromatic rings. The first-order valence-corrected chi connectivity index (χ1v) is 10.9. The molecule has 0 radical (unpaired) electrons. The van der Waals surface area contributed by atoms with Crippen LogP contribution in [-0.2, 0) is 4.79 Å². The zero-order valence-electron chi connectivity index (χ0n) is 17.3. The lowest BCUT2D eigenvalue weighted by Gasteiger charge is -2.30. The molecule has 0 N–H and O–H groups in total. The van der Waals surface area contributed by atoms with Gasteiger partial charge in [0.2, 0.25) is 23.2 Å². The number of ether oxygens (including phenoxy) is 2. The van der Waals surface area contributed by atoms with Crippen LogP contribution in [0.4, 0.5) is 5.69 Å². The highest BCUT2D eigenvalue weighted by atomic mass is 32.2. The van der Waals surface area contributed by atoms with E-state index in [2.05, 4.69) is 21.8 Å². The minimum Gasteiger partial charge on any atom is -0.490 e. The minimum atomic E-state index is -0.718. The second kappa shape index (κ2) is 9.18. The maximum atomic E-state index is 12.8. The number of carbonyl (C=O) groups excluding carboxylic acids is 1. The summed E-state index contributed by atoms with van der Waals surface area (Å²) in [5, 5.41) is 9.14. The molecule has 2 heterocycles. The molecule has 158 valence electrons. The van der Waals surface area contributed by atoms with Crippen LogP contribution < -0.4 is 14.4 Å². The van der Waals surface area contributed by atoms with E-state index in [0.29, 0.717) is 34.8 Å². The molecular formula is C23H22N4O3S. The van der Waals surface area contributed by atoms with Crippen molar-refractivity contribution in [3.63, 3.8) is 0 Å². The van der Waals surface area contributed by atoms with Gasteiger partial charge in [0.25, 0.3) is 0 Å². The zero-order valence-corrected chi connectivity index (χ0v) is 18.1. The second-order valence-electron chi connectivity index (χ2n) is 6.73. The number of nitrogens with zero attached hydrogens (tertiary/aromatic N) is 4. The van der Waals surface area contributed by atoms with E-state index < -0.39 is 6.23 Å². The Labute approximate surface area is 185 Å². The van der Waals surface area contributed by atoms with Crippen LogP contribution >= 0.6 is 11.8 Å².